The minimum absolute atomic E-state index is 0.0857. The Bertz CT molecular complexity index is 870. The molecule has 0 saturated heterocycles. The van der Waals surface area contributed by atoms with Gasteiger partial charge in [0, 0.05) is 12.8 Å². The van der Waals surface area contributed by atoms with Crippen LogP contribution in [0, 0.1) is 18.3 Å². The Labute approximate surface area is 299 Å². The Morgan fingerprint density at radius 1 is 0.694 bits per heavy atom. The Hall–Kier alpha value is -1.47. The summed E-state index contributed by atoms with van der Waals surface area (Å²) in [6.45, 7) is 4.85. The monoisotopic (exact) mass is 717 g/mol. The maximum atomic E-state index is 12.5. The van der Waals surface area contributed by atoms with Crippen LogP contribution in [0.5, 0.6) is 0 Å². The van der Waals surface area contributed by atoms with Crippen molar-refractivity contribution in [2.45, 2.75) is 161 Å². The van der Waals surface area contributed by atoms with E-state index in [4.69, 9.17) is 24.9 Å². The summed E-state index contributed by atoms with van der Waals surface area (Å²) < 4.78 is 34.2. The van der Waals surface area contributed by atoms with Crippen molar-refractivity contribution < 1.29 is 47.2 Å². The van der Waals surface area contributed by atoms with E-state index in [9.17, 15) is 24.2 Å². The van der Waals surface area contributed by atoms with Gasteiger partial charge in [0.2, 0.25) is 0 Å². The fourth-order valence-corrected chi connectivity index (χ4v) is 6.18. The van der Waals surface area contributed by atoms with E-state index in [2.05, 4.69) is 19.8 Å². The molecule has 10 nitrogen and oxygen atoms in total. The van der Waals surface area contributed by atoms with E-state index >= 15 is 0 Å². The van der Waals surface area contributed by atoms with Gasteiger partial charge in [0.05, 0.1) is 46.4 Å². The molecule has 11 heteroatoms. The predicted molar refractivity (Wildman–Crippen MR) is 195 cm³/mol. The van der Waals surface area contributed by atoms with Crippen LogP contribution in [-0.4, -0.2) is 81.2 Å². The largest absolute Gasteiger partial charge is 0.756 e. The van der Waals surface area contributed by atoms with E-state index in [0.29, 0.717) is 43.3 Å². The fraction of sp³-hybridized carbons (Fsp3) is 0.895. The van der Waals surface area contributed by atoms with Crippen molar-refractivity contribution >= 4 is 19.8 Å². The highest BCUT2D eigenvalue weighted by atomic mass is 31.2. The minimum Gasteiger partial charge on any atom is -0.756 e. The Balaban J connectivity index is 4.69. The van der Waals surface area contributed by atoms with Crippen LogP contribution in [0.15, 0.2) is 0 Å². The number of quaternary nitrogens is 1. The second-order valence-corrected chi connectivity index (χ2v) is 15.6. The highest BCUT2D eigenvalue weighted by Crippen LogP contribution is 2.38. The average Bonchev–Trinajstić information content (AvgIpc) is 3.06. The van der Waals surface area contributed by atoms with E-state index in [0.717, 1.165) is 38.5 Å². The molecule has 0 fully saturated rings. The number of hydrogen-bond acceptors (Lipinski definition) is 9. The Morgan fingerprint density at radius 3 is 1.55 bits per heavy atom. The first-order chi connectivity index (χ1) is 23.4. The lowest BCUT2D eigenvalue weighted by Crippen LogP contribution is -2.43. The third kappa shape index (κ3) is 32.2. The second kappa shape index (κ2) is 31.3. The zero-order chi connectivity index (χ0) is 36.6. The van der Waals surface area contributed by atoms with Gasteiger partial charge in [0.1, 0.15) is 19.3 Å². The van der Waals surface area contributed by atoms with Crippen LogP contribution in [0.4, 0.5) is 0 Å². The van der Waals surface area contributed by atoms with E-state index in [-0.39, 0.29) is 38.4 Å². The number of aliphatic hydroxyl groups is 1. The highest BCUT2D eigenvalue weighted by molar-refractivity contribution is 7.45. The highest BCUT2D eigenvalue weighted by Gasteiger charge is 2.21. The Kier molecular flexibility index (Phi) is 30.3. The molecule has 1 N–H and O–H groups in total. The van der Waals surface area contributed by atoms with Crippen molar-refractivity contribution in [3.8, 4) is 12.3 Å². The smallest absolute Gasteiger partial charge is 0.305 e. The molecule has 0 aliphatic rings. The van der Waals surface area contributed by atoms with Crippen LogP contribution in [0.1, 0.15) is 155 Å². The molecule has 0 aromatic carbocycles. The number of terminal acetylenes is 1. The quantitative estimate of drug-likeness (QED) is 0.0229. The third-order valence-electron chi connectivity index (χ3n) is 8.78. The number of nitrogens with zero attached hydrogens (tertiary/aromatic N) is 1. The number of unbranched alkanes of at least 4 members (excludes halogenated alkanes) is 16. The first-order valence-electron chi connectivity index (χ1n) is 19.3. The molecular formula is C38H72NO9P. The summed E-state index contributed by atoms with van der Waals surface area (Å²) in [6.07, 6.45) is 26.7. The molecule has 0 aliphatic carbocycles. The van der Waals surface area contributed by atoms with Gasteiger partial charge in [-0.1, -0.05) is 123 Å². The van der Waals surface area contributed by atoms with Gasteiger partial charge < -0.3 is 33.0 Å². The van der Waals surface area contributed by atoms with E-state index in [1.807, 2.05) is 14.1 Å². The molecule has 2 atom stereocenters. The van der Waals surface area contributed by atoms with Crippen molar-refractivity contribution in [3.05, 3.63) is 0 Å². The van der Waals surface area contributed by atoms with E-state index < -0.39 is 19.8 Å². The molecule has 0 rings (SSSR count). The van der Waals surface area contributed by atoms with Crippen molar-refractivity contribution in [3.63, 3.8) is 0 Å². The normalized spacial score (nSPS) is 13.6. The van der Waals surface area contributed by atoms with Crippen LogP contribution in [-0.2, 0) is 32.7 Å². The molecule has 0 spiro atoms. The van der Waals surface area contributed by atoms with Crippen LogP contribution in [0.2, 0.25) is 0 Å². The van der Waals surface area contributed by atoms with Crippen molar-refractivity contribution in [1.82, 2.24) is 0 Å². The number of aliphatic hydroxyl groups excluding tert-OH is 1. The van der Waals surface area contributed by atoms with Crippen molar-refractivity contribution in [2.24, 2.45) is 5.92 Å². The predicted octanol–water partition coefficient (Wildman–Crippen LogP) is 7.88. The fourth-order valence-electron chi connectivity index (χ4n) is 5.41. The van der Waals surface area contributed by atoms with Gasteiger partial charge in [0.15, 0.2) is 0 Å². The third-order valence-corrected chi connectivity index (χ3v) is 9.74. The summed E-state index contributed by atoms with van der Waals surface area (Å²) in [4.78, 5) is 37.4. The lowest BCUT2D eigenvalue weighted by Gasteiger charge is -2.31. The van der Waals surface area contributed by atoms with Crippen molar-refractivity contribution in [2.75, 3.05) is 53.6 Å². The number of ether oxygens (including phenoxy) is 2. The topological polar surface area (TPSA) is 131 Å². The number of phosphoric ester groups is 1. The van der Waals surface area contributed by atoms with Crippen molar-refractivity contribution in [1.29, 1.82) is 0 Å². The van der Waals surface area contributed by atoms with Gasteiger partial charge in [0.25, 0.3) is 7.82 Å². The Morgan fingerprint density at radius 2 is 1.12 bits per heavy atom. The molecule has 2 unspecified atom stereocenters. The molecule has 49 heavy (non-hydrogen) atoms. The van der Waals surface area contributed by atoms with Gasteiger partial charge in [-0.15, -0.1) is 6.42 Å². The standard InChI is InChI=1S/C38H72NO9P/c1-6-9-11-13-15-17-19-21-23-27-37(41)45-32-35(33-46-38(42)28-24-22-20-18-16-14-12-10-7-2)34-48-49(43,44)47-31-30-39(4,5)29-25-26-36(40)8-3/h3,35-36,40H,6-7,9-34H2,1-2,4-5H3. The number of carbonyl (C=O) groups excluding carboxylic acids is 2. The summed E-state index contributed by atoms with van der Waals surface area (Å²) >= 11 is 0. The molecule has 0 aromatic rings. The molecule has 0 radical (unpaired) electrons. The second-order valence-electron chi connectivity index (χ2n) is 14.2. The first kappa shape index (κ1) is 47.5. The summed E-state index contributed by atoms with van der Waals surface area (Å²) in [5.41, 5.74) is 0. The molecule has 0 bridgehead atoms. The number of likely N-dealkylation sites (N-methyl/N-ethyl adjacent to an activating group) is 1. The zero-order valence-corrected chi connectivity index (χ0v) is 32.5. The maximum Gasteiger partial charge on any atom is 0.305 e. The number of esters is 2. The molecule has 288 valence electrons. The first-order valence-corrected chi connectivity index (χ1v) is 20.8. The van der Waals surface area contributed by atoms with Gasteiger partial charge >= 0.3 is 11.9 Å². The zero-order valence-electron chi connectivity index (χ0n) is 31.6. The number of carbonyl (C=O) groups is 2. The number of phosphoric acid groups is 1. The lowest BCUT2D eigenvalue weighted by atomic mass is 10.1. The molecular weight excluding hydrogens is 645 g/mol. The molecule has 0 amide bonds. The van der Waals surface area contributed by atoms with Crippen LogP contribution in [0.25, 0.3) is 0 Å². The SMILES string of the molecule is C#CC(O)CCC[N+](C)(C)CCOP(=O)([O-])OCC(COC(=O)CCCCCCCCCCC)COC(=O)CCCCCCCCCCC. The minimum atomic E-state index is -4.66. The van der Waals surface area contributed by atoms with Crippen LogP contribution < -0.4 is 4.89 Å². The summed E-state index contributed by atoms with van der Waals surface area (Å²) in [7, 11) is -0.787. The van der Waals surface area contributed by atoms with E-state index in [1.54, 1.807) is 0 Å². The number of hydrogen-bond donors (Lipinski definition) is 1. The lowest BCUT2D eigenvalue weighted by molar-refractivity contribution is -0.890. The summed E-state index contributed by atoms with van der Waals surface area (Å²) in [5, 5.41) is 9.55. The maximum absolute atomic E-state index is 12.5. The van der Waals surface area contributed by atoms with Crippen LogP contribution >= 0.6 is 7.82 Å². The molecule has 0 aliphatic heterocycles. The van der Waals surface area contributed by atoms with E-state index in [1.165, 1.54) is 77.0 Å². The van der Waals surface area contributed by atoms with Gasteiger partial charge in [-0.25, -0.2) is 0 Å². The average molecular weight is 718 g/mol. The summed E-state index contributed by atoms with van der Waals surface area (Å²) in [6, 6.07) is 0. The summed E-state index contributed by atoms with van der Waals surface area (Å²) in [5.74, 6) is 0.920. The molecule has 0 aromatic heterocycles. The van der Waals surface area contributed by atoms with Crippen LogP contribution in [0.3, 0.4) is 0 Å². The molecule has 0 heterocycles. The van der Waals surface area contributed by atoms with Gasteiger partial charge in [-0.05, 0) is 25.7 Å². The van der Waals surface area contributed by atoms with Gasteiger partial charge in [-0.3, -0.25) is 14.2 Å². The molecule has 0 saturated carbocycles. The number of rotatable bonds is 35. The van der Waals surface area contributed by atoms with Gasteiger partial charge in [-0.2, -0.15) is 0 Å².